The van der Waals surface area contributed by atoms with E-state index in [9.17, 15) is 40.0 Å². The fraction of sp³-hybridized carbons (Fsp3) is 0.500. The monoisotopic (exact) mass is 561 g/mol. The topological polar surface area (TPSA) is 206 Å². The molecule has 36 heavy (non-hydrogen) atoms. The molecule has 1 aromatic carbocycles. The maximum absolute atomic E-state index is 14.8. The van der Waals surface area contributed by atoms with Crippen LogP contribution in [0.25, 0.3) is 0 Å². The highest BCUT2D eigenvalue weighted by Gasteiger charge is 2.23. The van der Waals surface area contributed by atoms with Gasteiger partial charge in [0.1, 0.15) is 11.7 Å². The lowest BCUT2D eigenvalue weighted by Crippen LogP contribution is -2.43. The molecule has 14 nitrogen and oxygen atoms in total. The maximum atomic E-state index is 14.8. The number of carboxylic acids is 2. The Hall–Kier alpha value is -3.09. The zero-order valence-corrected chi connectivity index (χ0v) is 20.7. The van der Waals surface area contributed by atoms with Crippen molar-refractivity contribution in [2.24, 2.45) is 0 Å². The van der Waals surface area contributed by atoms with E-state index in [0.29, 0.717) is 12.1 Å². The quantitative estimate of drug-likeness (QED) is 0.211. The van der Waals surface area contributed by atoms with Gasteiger partial charge < -0.3 is 25.7 Å². The number of urea groups is 1. The number of aliphatic carboxylic acids is 2. The van der Waals surface area contributed by atoms with E-state index in [-0.39, 0.29) is 0 Å². The van der Waals surface area contributed by atoms with E-state index in [0.717, 1.165) is 17.4 Å². The fourth-order valence-corrected chi connectivity index (χ4v) is 3.48. The second-order valence-corrected chi connectivity index (χ2v) is 10.5. The average Bonchev–Trinajstić information content (AvgIpc) is 2.68. The molecular weight excluding hydrogens is 536 g/mol. The molecule has 0 saturated heterocycles. The lowest BCUT2D eigenvalue weighted by atomic mass is 10.1. The van der Waals surface area contributed by atoms with Crippen LogP contribution in [0.5, 0.6) is 0 Å². The molecule has 0 radical (unpaired) electrons. The number of hydrogen-bond donors (Lipinski definition) is 4. The smallest absolute Gasteiger partial charge is 0.326 e. The van der Waals surface area contributed by atoms with Gasteiger partial charge in [0, 0.05) is 25.2 Å². The van der Waals surface area contributed by atoms with E-state index in [4.69, 9.17) is 10.2 Å². The van der Waals surface area contributed by atoms with Crippen molar-refractivity contribution in [1.29, 1.82) is 0 Å². The number of benzene rings is 1. The van der Waals surface area contributed by atoms with Gasteiger partial charge in [0.2, 0.25) is 0 Å². The summed E-state index contributed by atoms with van der Waals surface area (Å²) < 4.78 is 83.4. The average molecular weight is 562 g/mol. The van der Waals surface area contributed by atoms with Crippen LogP contribution in [0.3, 0.4) is 0 Å². The third-order valence-corrected chi connectivity index (χ3v) is 5.35. The van der Waals surface area contributed by atoms with Crippen LogP contribution in [-0.2, 0) is 38.2 Å². The number of amides is 2. The summed E-state index contributed by atoms with van der Waals surface area (Å²) in [5, 5.41) is 21.7. The molecule has 204 valence electrons. The van der Waals surface area contributed by atoms with Gasteiger partial charge in [-0.2, -0.15) is 16.8 Å². The number of nitrogens with zero attached hydrogens (tertiary/aromatic N) is 1. The minimum Gasteiger partial charge on any atom is -0.481 e. The van der Waals surface area contributed by atoms with Gasteiger partial charge in [0.05, 0.1) is 25.7 Å². The molecule has 0 aliphatic heterocycles. The number of carboxylic acid groups (broad SMARTS) is 2. The normalized spacial score (nSPS) is 12.6. The van der Waals surface area contributed by atoms with E-state index in [1.165, 1.54) is 0 Å². The summed E-state index contributed by atoms with van der Waals surface area (Å²) in [6, 6.07) is -1.42. The second kappa shape index (κ2) is 13.3. The van der Waals surface area contributed by atoms with Crippen molar-refractivity contribution in [3.8, 4) is 0 Å². The minimum absolute atomic E-state index is 0.398. The molecular formula is C18H25F2N3O11S2. The molecule has 2 amide bonds. The molecule has 0 spiro atoms. The Morgan fingerprint density at radius 2 is 1.44 bits per heavy atom. The van der Waals surface area contributed by atoms with Crippen molar-refractivity contribution in [2.45, 2.75) is 18.9 Å². The summed E-state index contributed by atoms with van der Waals surface area (Å²) in [5.41, 5.74) is -1.15. The number of hydrogen-bond acceptors (Lipinski definition) is 10. The Kier molecular flexibility index (Phi) is 11.4. The second-order valence-electron chi connectivity index (χ2n) is 7.25. The first-order valence-corrected chi connectivity index (χ1v) is 13.6. The molecule has 0 aromatic heterocycles. The van der Waals surface area contributed by atoms with Crippen LogP contribution in [0.2, 0.25) is 0 Å². The van der Waals surface area contributed by atoms with Crippen molar-refractivity contribution in [2.75, 3.05) is 49.0 Å². The largest absolute Gasteiger partial charge is 0.481 e. The Labute approximate surface area is 205 Å². The summed E-state index contributed by atoms with van der Waals surface area (Å²) >= 11 is 0. The van der Waals surface area contributed by atoms with E-state index in [1.54, 1.807) is 0 Å². The van der Waals surface area contributed by atoms with E-state index in [2.05, 4.69) is 8.37 Å². The lowest BCUT2D eigenvalue weighted by molar-refractivity contribution is -0.140. The third-order valence-electron chi connectivity index (χ3n) is 4.16. The molecule has 18 heteroatoms. The van der Waals surface area contributed by atoms with Crippen molar-refractivity contribution in [1.82, 2.24) is 5.32 Å². The first-order valence-electron chi connectivity index (χ1n) is 9.93. The number of anilines is 2. The van der Waals surface area contributed by atoms with E-state index in [1.807, 2.05) is 10.6 Å². The van der Waals surface area contributed by atoms with Crippen molar-refractivity contribution >= 4 is 49.6 Å². The van der Waals surface area contributed by atoms with Gasteiger partial charge in [0.15, 0.2) is 11.6 Å². The highest BCUT2D eigenvalue weighted by atomic mass is 32.2. The fourth-order valence-electron chi connectivity index (χ4n) is 2.72. The zero-order chi connectivity index (χ0) is 27.7. The summed E-state index contributed by atoms with van der Waals surface area (Å²) in [4.78, 5) is 34.8. The molecule has 0 saturated carbocycles. The van der Waals surface area contributed by atoms with E-state index < -0.39 is 106 Å². The predicted molar refractivity (Wildman–Crippen MR) is 121 cm³/mol. The van der Waals surface area contributed by atoms with Crippen molar-refractivity contribution in [3.05, 3.63) is 23.8 Å². The van der Waals surface area contributed by atoms with Gasteiger partial charge in [-0.3, -0.25) is 13.2 Å². The summed E-state index contributed by atoms with van der Waals surface area (Å²) in [6.07, 6.45) is 0.512. The van der Waals surface area contributed by atoms with Crippen molar-refractivity contribution in [3.63, 3.8) is 0 Å². The minimum atomic E-state index is -3.88. The Morgan fingerprint density at radius 3 is 1.83 bits per heavy atom. The molecule has 0 unspecified atom stereocenters. The van der Waals surface area contributed by atoms with E-state index >= 15 is 0 Å². The standard InChI is InChI=1S/C18H25F2N3O11S2/c1-35(29,30)33-7-5-23(6-8-34-36(2,31)32)16-12(19)9-11(10-13(16)20)21-18(28)22-14(17(26)27)3-4-15(24)25/h9-10,14H,3-8H2,1-2H3,(H,24,25)(H,26,27)(H2,21,22,28)/t14-/m0/s1. The molecule has 0 fully saturated rings. The van der Waals surface area contributed by atoms with Gasteiger partial charge in [-0.15, -0.1) is 0 Å². The van der Waals surface area contributed by atoms with Crippen LogP contribution in [0, 0.1) is 11.6 Å². The molecule has 0 heterocycles. The molecule has 0 aliphatic rings. The van der Waals surface area contributed by atoms with Gasteiger partial charge in [-0.1, -0.05) is 0 Å². The molecule has 0 bridgehead atoms. The van der Waals surface area contributed by atoms with Crippen LogP contribution < -0.4 is 15.5 Å². The zero-order valence-electron chi connectivity index (χ0n) is 19.1. The lowest BCUT2D eigenvalue weighted by Gasteiger charge is -2.25. The Morgan fingerprint density at radius 1 is 0.972 bits per heavy atom. The number of carbonyl (C=O) groups is 3. The van der Waals surface area contributed by atoms with Gasteiger partial charge in [-0.05, 0) is 18.6 Å². The molecule has 4 N–H and O–H groups in total. The SMILES string of the molecule is CS(=O)(=O)OCCN(CCOS(C)(=O)=O)c1c(F)cc(NC(=O)N[C@@H](CCC(=O)O)C(=O)O)cc1F. The molecule has 1 aromatic rings. The Balaban J connectivity index is 3.05. The number of rotatable bonds is 15. The number of nitrogens with one attached hydrogen (secondary N) is 2. The van der Waals surface area contributed by atoms with Gasteiger partial charge in [0.25, 0.3) is 20.2 Å². The Bertz CT molecular complexity index is 1120. The predicted octanol–water partition coefficient (Wildman–Crippen LogP) is 0.163. The van der Waals surface area contributed by atoms with Crippen LogP contribution in [0.15, 0.2) is 12.1 Å². The summed E-state index contributed by atoms with van der Waals surface area (Å²) in [5.74, 6) is -5.31. The maximum Gasteiger partial charge on any atom is 0.326 e. The van der Waals surface area contributed by atoms with Gasteiger partial charge in [-0.25, -0.2) is 18.4 Å². The van der Waals surface area contributed by atoms with Gasteiger partial charge >= 0.3 is 18.0 Å². The highest BCUT2D eigenvalue weighted by molar-refractivity contribution is 7.86. The third kappa shape index (κ3) is 12.0. The molecule has 0 aliphatic carbocycles. The molecule has 1 atom stereocenters. The van der Waals surface area contributed by atoms with Crippen LogP contribution in [-0.4, -0.2) is 89.9 Å². The van der Waals surface area contributed by atoms with Crippen LogP contribution in [0.1, 0.15) is 12.8 Å². The summed E-state index contributed by atoms with van der Waals surface area (Å²) in [7, 11) is -7.76. The number of halogens is 2. The highest BCUT2D eigenvalue weighted by Crippen LogP contribution is 2.27. The van der Waals surface area contributed by atoms with Crippen LogP contribution >= 0.6 is 0 Å². The molecule has 1 rings (SSSR count). The first-order chi connectivity index (χ1) is 16.5. The first kappa shape index (κ1) is 30.9. The van der Waals surface area contributed by atoms with Crippen molar-refractivity contribution < 1.29 is 58.6 Å². The van der Waals surface area contributed by atoms with Crippen LogP contribution in [0.4, 0.5) is 25.0 Å². The number of carbonyl (C=O) groups excluding carboxylic acids is 1. The summed E-state index contributed by atoms with van der Waals surface area (Å²) in [6.45, 7) is -1.87.